The van der Waals surface area contributed by atoms with E-state index in [2.05, 4.69) is 15.6 Å². The summed E-state index contributed by atoms with van der Waals surface area (Å²) in [5, 5.41) is 6.41. The molecule has 0 amide bonds. The van der Waals surface area contributed by atoms with E-state index < -0.39 is 9.84 Å². The Morgan fingerprint density at radius 2 is 1.76 bits per heavy atom. The Morgan fingerprint density at radius 3 is 2.34 bits per heavy atom. The van der Waals surface area contributed by atoms with E-state index in [-0.39, 0.29) is 30.1 Å². The number of hydrogen-bond donors (Lipinski definition) is 2. The van der Waals surface area contributed by atoms with Gasteiger partial charge in [-0.15, -0.1) is 24.0 Å². The number of benzene rings is 2. The molecule has 160 valence electrons. The highest BCUT2D eigenvalue weighted by Crippen LogP contribution is 2.19. The molecule has 2 aromatic carbocycles. The van der Waals surface area contributed by atoms with Gasteiger partial charge < -0.3 is 20.1 Å². The molecule has 0 fully saturated rings. The highest BCUT2D eigenvalue weighted by atomic mass is 127. The van der Waals surface area contributed by atoms with Crippen LogP contribution >= 0.6 is 24.0 Å². The Labute approximate surface area is 189 Å². The average molecular weight is 533 g/mol. The molecule has 9 heteroatoms. The Bertz CT molecular complexity index is 902. The predicted octanol–water partition coefficient (Wildman–Crippen LogP) is 2.85. The lowest BCUT2D eigenvalue weighted by atomic mass is 10.2. The molecule has 2 N–H and O–H groups in total. The van der Waals surface area contributed by atoms with E-state index in [4.69, 9.17) is 9.47 Å². The second kappa shape index (κ2) is 11.9. The van der Waals surface area contributed by atoms with Crippen molar-refractivity contribution < 1.29 is 17.9 Å². The summed E-state index contributed by atoms with van der Waals surface area (Å²) in [4.78, 5) is 4.50. The summed E-state index contributed by atoms with van der Waals surface area (Å²) in [6.45, 7) is 3.04. The molecule has 2 aromatic rings. The molecule has 2 rings (SSSR count). The van der Waals surface area contributed by atoms with E-state index in [0.29, 0.717) is 23.9 Å². The lowest BCUT2D eigenvalue weighted by Gasteiger charge is -2.18. The highest BCUT2D eigenvalue weighted by molar-refractivity contribution is 14.0. The summed E-state index contributed by atoms with van der Waals surface area (Å²) in [6.07, 6.45) is 1.11. The van der Waals surface area contributed by atoms with Crippen LogP contribution in [0.5, 0.6) is 11.5 Å². The highest BCUT2D eigenvalue weighted by Gasteiger charge is 2.08. The fourth-order valence-electron chi connectivity index (χ4n) is 2.45. The summed E-state index contributed by atoms with van der Waals surface area (Å²) in [7, 11) is 0.127. The van der Waals surface area contributed by atoms with E-state index in [1.807, 2.05) is 31.2 Å². The predicted molar refractivity (Wildman–Crippen MR) is 126 cm³/mol. The second-order valence-electron chi connectivity index (χ2n) is 6.33. The fourth-order valence-corrected chi connectivity index (χ4v) is 3.08. The van der Waals surface area contributed by atoms with Crippen LogP contribution in [0.2, 0.25) is 0 Å². The number of halogens is 1. The van der Waals surface area contributed by atoms with Crippen LogP contribution in [-0.4, -0.2) is 47.4 Å². The molecule has 1 atom stereocenters. The first-order valence-corrected chi connectivity index (χ1v) is 10.7. The zero-order valence-electron chi connectivity index (χ0n) is 17.0. The second-order valence-corrected chi connectivity index (χ2v) is 8.35. The number of nitrogens with zero attached hydrogens (tertiary/aromatic N) is 1. The number of nitrogens with one attached hydrogen (secondary N) is 2. The van der Waals surface area contributed by atoms with Crippen molar-refractivity contribution in [1.82, 2.24) is 10.6 Å². The molecule has 0 bridgehead atoms. The van der Waals surface area contributed by atoms with Crippen LogP contribution in [0, 0.1) is 0 Å². The molecule has 1 unspecified atom stereocenters. The first-order chi connectivity index (χ1) is 13.3. The van der Waals surface area contributed by atoms with Gasteiger partial charge in [0.05, 0.1) is 18.6 Å². The van der Waals surface area contributed by atoms with Gasteiger partial charge in [0, 0.05) is 25.9 Å². The number of methoxy groups -OCH3 is 1. The van der Waals surface area contributed by atoms with Crippen LogP contribution in [0.4, 0.5) is 0 Å². The molecule has 0 saturated carbocycles. The molecule has 7 nitrogen and oxygen atoms in total. The minimum atomic E-state index is -3.18. The smallest absolute Gasteiger partial charge is 0.191 e. The number of hydrogen-bond acceptors (Lipinski definition) is 5. The molecule has 0 aliphatic heterocycles. The molecule has 0 spiro atoms. The summed E-state index contributed by atoms with van der Waals surface area (Å²) >= 11 is 0. The van der Waals surface area contributed by atoms with Crippen molar-refractivity contribution in [2.75, 3.05) is 27.0 Å². The van der Waals surface area contributed by atoms with Gasteiger partial charge in [-0.25, -0.2) is 8.42 Å². The maximum atomic E-state index is 11.5. The van der Waals surface area contributed by atoms with Gasteiger partial charge in [-0.2, -0.15) is 0 Å². The van der Waals surface area contributed by atoms with Gasteiger partial charge in [0.2, 0.25) is 0 Å². The topological polar surface area (TPSA) is 89.0 Å². The van der Waals surface area contributed by atoms with E-state index in [1.165, 1.54) is 6.26 Å². The van der Waals surface area contributed by atoms with Gasteiger partial charge in [-0.1, -0.05) is 18.2 Å². The molecule has 0 saturated heterocycles. The van der Waals surface area contributed by atoms with Crippen molar-refractivity contribution in [3.05, 3.63) is 54.1 Å². The number of guanidine groups is 1. The van der Waals surface area contributed by atoms with Gasteiger partial charge in [0.25, 0.3) is 0 Å². The monoisotopic (exact) mass is 533 g/mol. The van der Waals surface area contributed by atoms with E-state index >= 15 is 0 Å². The Hall–Kier alpha value is -2.01. The summed E-state index contributed by atoms with van der Waals surface area (Å²) in [5.74, 6) is 2.12. The number of aliphatic imine (C=N–C) groups is 1. The third-order valence-corrected chi connectivity index (χ3v) is 5.10. The average Bonchev–Trinajstić information content (AvgIpc) is 2.68. The molecule has 0 aromatic heterocycles. The van der Waals surface area contributed by atoms with Gasteiger partial charge in [0.15, 0.2) is 15.8 Å². The van der Waals surface area contributed by atoms with Crippen LogP contribution in [0.1, 0.15) is 12.5 Å². The normalized spacial score (nSPS) is 12.5. The first kappa shape index (κ1) is 25.0. The zero-order valence-corrected chi connectivity index (χ0v) is 20.2. The molecular weight excluding hydrogens is 505 g/mol. The van der Waals surface area contributed by atoms with Crippen LogP contribution in [0.15, 0.2) is 58.4 Å². The van der Waals surface area contributed by atoms with Crippen molar-refractivity contribution >= 4 is 39.8 Å². The molecule has 0 aliphatic rings. The lowest BCUT2D eigenvalue weighted by Crippen LogP contribution is -2.41. The third-order valence-electron chi connectivity index (χ3n) is 3.97. The van der Waals surface area contributed by atoms with Crippen LogP contribution in [0.25, 0.3) is 0 Å². The maximum absolute atomic E-state index is 11.5. The van der Waals surface area contributed by atoms with Crippen LogP contribution in [-0.2, 0) is 16.4 Å². The molecule has 0 aliphatic carbocycles. The maximum Gasteiger partial charge on any atom is 0.191 e. The molecule has 0 radical (unpaired) electrons. The van der Waals surface area contributed by atoms with Crippen molar-refractivity contribution in [2.24, 2.45) is 4.99 Å². The van der Waals surface area contributed by atoms with Crippen LogP contribution in [0.3, 0.4) is 0 Å². The van der Waals surface area contributed by atoms with E-state index in [9.17, 15) is 8.42 Å². The van der Waals surface area contributed by atoms with Gasteiger partial charge in [-0.05, 0) is 36.8 Å². The zero-order chi connectivity index (χ0) is 20.6. The van der Waals surface area contributed by atoms with Crippen molar-refractivity contribution in [1.29, 1.82) is 0 Å². The summed E-state index contributed by atoms with van der Waals surface area (Å²) in [5.41, 5.74) is 0.955. The minimum absolute atomic E-state index is 0. The quantitative estimate of drug-likeness (QED) is 0.308. The Balaban J connectivity index is 0.00000420. The van der Waals surface area contributed by atoms with Crippen molar-refractivity contribution in [3.63, 3.8) is 0 Å². The van der Waals surface area contributed by atoms with E-state index in [0.717, 1.165) is 17.1 Å². The van der Waals surface area contributed by atoms with Crippen molar-refractivity contribution in [3.8, 4) is 11.5 Å². The Morgan fingerprint density at radius 1 is 1.10 bits per heavy atom. The van der Waals surface area contributed by atoms with Crippen molar-refractivity contribution in [2.45, 2.75) is 24.5 Å². The minimum Gasteiger partial charge on any atom is -0.497 e. The Kier molecular flexibility index (Phi) is 10.2. The number of ether oxygens (including phenoxy) is 2. The summed E-state index contributed by atoms with van der Waals surface area (Å²) in [6, 6.07) is 14.2. The van der Waals surface area contributed by atoms with Gasteiger partial charge >= 0.3 is 0 Å². The van der Waals surface area contributed by atoms with Crippen LogP contribution < -0.4 is 20.1 Å². The largest absolute Gasteiger partial charge is 0.497 e. The SMILES string of the molecule is CN=C(NCc1ccc(S(C)(=O)=O)cc1)NCC(C)Oc1cccc(OC)c1.I. The fraction of sp³-hybridized carbons (Fsp3) is 0.350. The molecule has 0 heterocycles. The third kappa shape index (κ3) is 8.48. The number of rotatable bonds is 8. The summed E-state index contributed by atoms with van der Waals surface area (Å²) < 4.78 is 34.1. The lowest BCUT2D eigenvalue weighted by molar-refractivity contribution is 0.223. The van der Waals surface area contributed by atoms with E-state index in [1.54, 1.807) is 38.4 Å². The standard InChI is InChI=1S/C20H27N3O4S.HI/c1-15(27-18-7-5-6-17(12-18)26-3)13-22-20(21-2)23-14-16-8-10-19(11-9-16)28(4,24)25;/h5-12,15H,13-14H2,1-4H3,(H2,21,22,23);1H. The first-order valence-electron chi connectivity index (χ1n) is 8.86. The van der Waals surface area contributed by atoms with Gasteiger partial charge in [-0.3, -0.25) is 4.99 Å². The molecular formula is C20H28IN3O4S. The molecule has 29 heavy (non-hydrogen) atoms. The van der Waals surface area contributed by atoms with Gasteiger partial charge in [0.1, 0.15) is 17.6 Å². The number of sulfone groups is 1.